The topological polar surface area (TPSA) is 92.1 Å². The summed E-state index contributed by atoms with van der Waals surface area (Å²) in [5.41, 5.74) is 0.900. The van der Waals surface area contributed by atoms with Gasteiger partial charge in [0.05, 0.1) is 0 Å². The van der Waals surface area contributed by atoms with Gasteiger partial charge >= 0.3 is 6.09 Å². The summed E-state index contributed by atoms with van der Waals surface area (Å²) in [6.07, 6.45) is 2.37. The van der Waals surface area contributed by atoms with Gasteiger partial charge in [0.15, 0.2) is 6.17 Å². The van der Waals surface area contributed by atoms with E-state index in [1.807, 2.05) is 44.2 Å². The Morgan fingerprint density at radius 2 is 1.88 bits per heavy atom. The number of carbonyl (C=O) groups is 2. The van der Waals surface area contributed by atoms with Crippen LogP contribution in [-0.4, -0.2) is 30.8 Å². The molecule has 136 valence electrons. The largest absolute Gasteiger partial charge is 0.445 e. The van der Waals surface area contributed by atoms with E-state index in [0.717, 1.165) is 24.8 Å². The first-order chi connectivity index (χ1) is 12.1. The predicted octanol–water partition coefficient (Wildman–Crippen LogP) is 3.02. The number of nitrogens with zero attached hydrogens (tertiary/aromatic N) is 2. The van der Waals surface area contributed by atoms with Gasteiger partial charge in [-0.05, 0) is 30.7 Å². The Hall–Kier alpha value is -2.44. The van der Waals surface area contributed by atoms with Crippen molar-refractivity contribution in [3.63, 3.8) is 0 Å². The van der Waals surface area contributed by atoms with Crippen LogP contribution in [0.25, 0.3) is 0 Å². The molecule has 2 N–H and O–H groups in total. The first-order valence-corrected chi connectivity index (χ1v) is 8.71. The molecule has 0 unspecified atom stereocenters. The molecule has 1 heterocycles. The summed E-state index contributed by atoms with van der Waals surface area (Å²) in [5.74, 6) is -0.221. The molecule has 0 spiro atoms. The monoisotopic (exact) mass is 346 g/mol. The van der Waals surface area contributed by atoms with E-state index < -0.39 is 12.1 Å². The van der Waals surface area contributed by atoms with Crippen molar-refractivity contribution in [1.82, 2.24) is 10.6 Å². The van der Waals surface area contributed by atoms with Crippen molar-refractivity contribution in [2.75, 3.05) is 6.54 Å². The second-order valence-electron chi connectivity index (χ2n) is 6.43. The van der Waals surface area contributed by atoms with Gasteiger partial charge in [-0.3, -0.25) is 4.79 Å². The van der Waals surface area contributed by atoms with Gasteiger partial charge in [0.2, 0.25) is 5.91 Å². The zero-order valence-corrected chi connectivity index (χ0v) is 14.8. The molecule has 1 atom stereocenters. The molecule has 0 saturated carbocycles. The molecule has 0 bridgehead atoms. The molecule has 0 fully saturated rings. The maximum absolute atomic E-state index is 12.3. The first-order valence-electron chi connectivity index (χ1n) is 8.71. The van der Waals surface area contributed by atoms with Gasteiger partial charge in [0.1, 0.15) is 12.6 Å². The molecule has 0 saturated heterocycles. The number of alkyl carbamates (subject to hydrolysis) is 1. The van der Waals surface area contributed by atoms with E-state index in [9.17, 15) is 9.59 Å². The van der Waals surface area contributed by atoms with Crippen LogP contribution in [0, 0.1) is 5.92 Å². The van der Waals surface area contributed by atoms with E-state index in [4.69, 9.17) is 4.74 Å². The zero-order chi connectivity index (χ0) is 18.1. The van der Waals surface area contributed by atoms with Gasteiger partial charge < -0.3 is 15.4 Å². The first kappa shape index (κ1) is 18.9. The van der Waals surface area contributed by atoms with Gasteiger partial charge in [-0.15, -0.1) is 0 Å². The van der Waals surface area contributed by atoms with Crippen LogP contribution < -0.4 is 10.6 Å². The number of hydrogen-bond acceptors (Lipinski definition) is 5. The van der Waals surface area contributed by atoms with E-state index in [2.05, 4.69) is 20.9 Å². The number of amides is 2. The standard InChI is InChI=1S/C18H26N4O3/c1-13(2)16(17(23)19-11-7-6-10-15-21-22-15)20-18(24)25-12-14-8-4-3-5-9-14/h3-5,8-9,13,15-16H,6-7,10-12H2,1-2H3,(H,19,23)(H,20,24)/t16-/m0/s1. The molecular formula is C18H26N4O3. The zero-order valence-electron chi connectivity index (χ0n) is 14.8. The summed E-state index contributed by atoms with van der Waals surface area (Å²) in [6.45, 7) is 4.53. The van der Waals surface area contributed by atoms with Crippen molar-refractivity contribution in [2.24, 2.45) is 16.1 Å². The Balaban J connectivity index is 1.68. The summed E-state index contributed by atoms with van der Waals surface area (Å²) in [4.78, 5) is 24.2. The Kier molecular flexibility index (Phi) is 7.37. The lowest BCUT2D eigenvalue weighted by Gasteiger charge is -2.21. The number of ether oxygens (including phenoxy) is 1. The average Bonchev–Trinajstić information content (AvgIpc) is 3.42. The highest BCUT2D eigenvalue weighted by molar-refractivity contribution is 5.85. The average molecular weight is 346 g/mol. The van der Waals surface area contributed by atoms with Crippen LogP contribution in [0.2, 0.25) is 0 Å². The number of nitrogens with one attached hydrogen (secondary N) is 2. The van der Waals surface area contributed by atoms with Crippen LogP contribution in [0.15, 0.2) is 40.6 Å². The van der Waals surface area contributed by atoms with Crippen molar-refractivity contribution >= 4 is 12.0 Å². The van der Waals surface area contributed by atoms with Crippen LogP contribution in [0.5, 0.6) is 0 Å². The van der Waals surface area contributed by atoms with Crippen LogP contribution in [-0.2, 0) is 16.1 Å². The van der Waals surface area contributed by atoms with E-state index in [1.54, 1.807) is 0 Å². The van der Waals surface area contributed by atoms with Gasteiger partial charge in [0, 0.05) is 6.54 Å². The molecular weight excluding hydrogens is 320 g/mol. The van der Waals surface area contributed by atoms with Crippen LogP contribution in [0.3, 0.4) is 0 Å². The lowest BCUT2D eigenvalue weighted by Crippen LogP contribution is -2.50. The molecule has 1 aromatic rings. The fourth-order valence-corrected chi connectivity index (χ4v) is 2.36. The van der Waals surface area contributed by atoms with Crippen molar-refractivity contribution in [3.05, 3.63) is 35.9 Å². The summed E-state index contributed by atoms with van der Waals surface area (Å²) in [5, 5.41) is 13.2. The van der Waals surface area contributed by atoms with Gasteiger partial charge in [-0.1, -0.05) is 44.2 Å². The highest BCUT2D eigenvalue weighted by Crippen LogP contribution is 2.16. The van der Waals surface area contributed by atoms with Crippen LogP contribution >= 0.6 is 0 Å². The number of benzene rings is 1. The van der Waals surface area contributed by atoms with E-state index in [1.165, 1.54) is 0 Å². The number of carbonyl (C=O) groups excluding carboxylic acids is 2. The predicted molar refractivity (Wildman–Crippen MR) is 93.9 cm³/mol. The number of unbranched alkanes of at least 4 members (excludes halogenated alkanes) is 1. The molecule has 25 heavy (non-hydrogen) atoms. The summed E-state index contributed by atoms with van der Waals surface area (Å²) in [7, 11) is 0. The highest BCUT2D eigenvalue weighted by Gasteiger charge is 2.24. The normalized spacial score (nSPS) is 14.2. The molecule has 0 radical (unpaired) electrons. The third-order valence-corrected chi connectivity index (χ3v) is 3.90. The molecule has 2 amide bonds. The summed E-state index contributed by atoms with van der Waals surface area (Å²) >= 11 is 0. The number of hydrogen-bond donors (Lipinski definition) is 2. The molecule has 0 aliphatic carbocycles. The van der Waals surface area contributed by atoms with Crippen LogP contribution in [0.1, 0.15) is 38.7 Å². The third kappa shape index (κ3) is 7.32. The van der Waals surface area contributed by atoms with Crippen molar-refractivity contribution in [3.8, 4) is 0 Å². The van der Waals surface area contributed by atoms with Crippen molar-refractivity contribution in [1.29, 1.82) is 0 Å². The number of rotatable bonds is 10. The highest BCUT2D eigenvalue weighted by atomic mass is 16.5. The lowest BCUT2D eigenvalue weighted by atomic mass is 10.0. The second kappa shape index (κ2) is 9.76. The Bertz CT molecular complexity index is 583. The summed E-state index contributed by atoms with van der Waals surface area (Å²) < 4.78 is 5.18. The molecule has 2 rings (SSSR count). The van der Waals surface area contributed by atoms with E-state index >= 15 is 0 Å². The molecule has 0 aromatic heterocycles. The molecule has 1 aliphatic heterocycles. The van der Waals surface area contributed by atoms with E-state index in [0.29, 0.717) is 6.54 Å². The van der Waals surface area contributed by atoms with Gasteiger partial charge in [0.25, 0.3) is 0 Å². The van der Waals surface area contributed by atoms with Crippen LogP contribution in [0.4, 0.5) is 4.79 Å². The Morgan fingerprint density at radius 1 is 1.16 bits per heavy atom. The summed E-state index contributed by atoms with van der Waals surface area (Å²) in [6, 6.07) is 8.80. The second-order valence-corrected chi connectivity index (χ2v) is 6.43. The Morgan fingerprint density at radius 3 is 2.52 bits per heavy atom. The van der Waals surface area contributed by atoms with Crippen molar-refractivity contribution in [2.45, 2.75) is 51.9 Å². The molecule has 7 heteroatoms. The lowest BCUT2D eigenvalue weighted by molar-refractivity contribution is -0.124. The quantitative estimate of drug-likeness (QED) is 0.638. The molecule has 1 aliphatic rings. The minimum atomic E-state index is -0.614. The maximum atomic E-state index is 12.3. The van der Waals surface area contributed by atoms with Crippen molar-refractivity contribution < 1.29 is 14.3 Å². The minimum Gasteiger partial charge on any atom is -0.445 e. The molecule has 7 nitrogen and oxygen atoms in total. The fourth-order valence-electron chi connectivity index (χ4n) is 2.36. The maximum Gasteiger partial charge on any atom is 0.408 e. The van der Waals surface area contributed by atoms with Gasteiger partial charge in [-0.25, -0.2) is 4.79 Å². The third-order valence-electron chi connectivity index (χ3n) is 3.90. The smallest absolute Gasteiger partial charge is 0.408 e. The minimum absolute atomic E-state index is 0.0339. The fraction of sp³-hybridized carbons (Fsp3) is 0.556. The Labute approximate surface area is 148 Å². The van der Waals surface area contributed by atoms with E-state index in [-0.39, 0.29) is 24.6 Å². The van der Waals surface area contributed by atoms with Gasteiger partial charge in [-0.2, -0.15) is 10.2 Å². The molecule has 1 aromatic carbocycles. The SMILES string of the molecule is CC(C)[C@H](NC(=O)OCc1ccccc1)C(=O)NCCCCC1N=N1.